The molecular formula is C18H13N5OS2. The summed E-state index contributed by atoms with van der Waals surface area (Å²) in [4.78, 5) is 15.0. The van der Waals surface area contributed by atoms with Crippen LogP contribution in [-0.2, 0) is 4.79 Å². The van der Waals surface area contributed by atoms with Gasteiger partial charge in [-0.05, 0) is 24.3 Å². The van der Waals surface area contributed by atoms with Crippen LogP contribution in [0.4, 0.5) is 5.69 Å². The van der Waals surface area contributed by atoms with Crippen molar-refractivity contribution in [1.29, 1.82) is 5.26 Å². The van der Waals surface area contributed by atoms with E-state index in [1.54, 1.807) is 11.3 Å². The molecule has 26 heavy (non-hydrogen) atoms. The first kappa shape index (κ1) is 16.6. The monoisotopic (exact) mass is 379 g/mol. The Morgan fingerprint density at radius 3 is 2.73 bits per heavy atom. The number of carbonyl (C=O) groups excluding carboxylic acids is 1. The Hall–Kier alpha value is -2.89. The second-order valence-corrected chi connectivity index (χ2v) is 7.38. The van der Waals surface area contributed by atoms with E-state index in [1.165, 1.54) is 16.7 Å². The molecule has 0 N–H and O–H groups in total. The number of anilines is 1. The second-order valence-electron chi connectivity index (χ2n) is 5.43. The van der Waals surface area contributed by atoms with E-state index in [0.717, 1.165) is 15.2 Å². The predicted molar refractivity (Wildman–Crippen MR) is 104 cm³/mol. The van der Waals surface area contributed by atoms with Crippen LogP contribution >= 0.6 is 23.1 Å². The first-order chi connectivity index (χ1) is 12.8. The fraction of sp³-hybridized carbons (Fsp3) is 0.111. The molecule has 2 heterocycles. The number of thiazole rings is 1. The van der Waals surface area contributed by atoms with Gasteiger partial charge in [0.1, 0.15) is 6.54 Å². The molecule has 128 valence electrons. The van der Waals surface area contributed by atoms with Crippen molar-refractivity contribution in [2.75, 3.05) is 17.2 Å². The highest BCUT2D eigenvalue weighted by Gasteiger charge is 2.18. The van der Waals surface area contributed by atoms with Gasteiger partial charge in [-0.1, -0.05) is 53.4 Å². The number of para-hydroxylation sites is 2. The summed E-state index contributed by atoms with van der Waals surface area (Å²) in [6, 6.07) is 19.3. The van der Waals surface area contributed by atoms with Crippen molar-refractivity contribution >= 4 is 49.9 Å². The predicted octanol–water partition coefficient (Wildman–Crippen LogP) is 3.59. The van der Waals surface area contributed by atoms with E-state index in [-0.39, 0.29) is 18.2 Å². The maximum Gasteiger partial charge on any atom is 0.238 e. The van der Waals surface area contributed by atoms with Crippen molar-refractivity contribution in [3.8, 4) is 6.07 Å². The average Bonchev–Trinajstić information content (AvgIpc) is 3.24. The Kier molecular flexibility index (Phi) is 4.56. The van der Waals surface area contributed by atoms with Crippen LogP contribution in [-0.4, -0.2) is 32.8 Å². The summed E-state index contributed by atoms with van der Waals surface area (Å²) in [6.07, 6.45) is 0. The number of aromatic nitrogens is 3. The Morgan fingerprint density at radius 1 is 1.15 bits per heavy atom. The third-order valence-corrected chi connectivity index (χ3v) is 5.76. The topological polar surface area (TPSA) is 74.3 Å². The molecule has 0 aliphatic heterocycles. The van der Waals surface area contributed by atoms with Gasteiger partial charge in [-0.2, -0.15) is 5.26 Å². The number of hydrogen-bond donors (Lipinski definition) is 0. The van der Waals surface area contributed by atoms with Gasteiger partial charge in [0.2, 0.25) is 10.9 Å². The van der Waals surface area contributed by atoms with Crippen LogP contribution < -0.4 is 4.90 Å². The highest BCUT2D eigenvalue weighted by Crippen LogP contribution is 2.29. The van der Waals surface area contributed by atoms with Crippen LogP contribution in [0.25, 0.3) is 15.2 Å². The second kappa shape index (κ2) is 7.15. The summed E-state index contributed by atoms with van der Waals surface area (Å²) in [7, 11) is 0. The van der Waals surface area contributed by atoms with E-state index in [1.807, 2.05) is 59.0 Å². The Bertz CT molecular complexity index is 1110. The number of amides is 1. The molecule has 1 amide bonds. The molecule has 0 unspecified atom stereocenters. The minimum absolute atomic E-state index is 0.0139. The molecule has 0 saturated heterocycles. The Labute approximate surface area is 157 Å². The Balaban J connectivity index is 1.57. The zero-order valence-electron chi connectivity index (χ0n) is 13.6. The molecule has 8 heteroatoms. The maximum atomic E-state index is 12.7. The number of nitriles is 1. The summed E-state index contributed by atoms with van der Waals surface area (Å²) < 4.78 is 3.09. The minimum atomic E-state index is -0.140. The summed E-state index contributed by atoms with van der Waals surface area (Å²) in [5.74, 6) is 0.0423. The van der Waals surface area contributed by atoms with E-state index in [0.29, 0.717) is 10.8 Å². The maximum absolute atomic E-state index is 12.7. The van der Waals surface area contributed by atoms with Crippen LogP contribution in [0.1, 0.15) is 0 Å². The third kappa shape index (κ3) is 3.03. The third-order valence-electron chi connectivity index (χ3n) is 3.83. The number of thioether (sulfide) groups is 1. The lowest BCUT2D eigenvalue weighted by atomic mass is 10.3. The van der Waals surface area contributed by atoms with E-state index in [9.17, 15) is 4.79 Å². The molecule has 0 fully saturated rings. The van der Waals surface area contributed by atoms with E-state index >= 15 is 0 Å². The molecule has 0 saturated carbocycles. The average molecular weight is 379 g/mol. The molecule has 0 aliphatic carbocycles. The van der Waals surface area contributed by atoms with Crippen LogP contribution in [0.5, 0.6) is 0 Å². The Morgan fingerprint density at radius 2 is 1.92 bits per heavy atom. The molecule has 4 rings (SSSR count). The van der Waals surface area contributed by atoms with Crippen molar-refractivity contribution in [2.45, 2.75) is 5.16 Å². The SMILES string of the molecule is N#CCN(C(=O)CSc1nnc2sc3ccccc3n12)c1ccccc1. The van der Waals surface area contributed by atoms with Gasteiger partial charge >= 0.3 is 0 Å². The molecule has 0 atom stereocenters. The van der Waals surface area contributed by atoms with Gasteiger partial charge in [-0.25, -0.2) is 0 Å². The molecule has 2 aromatic carbocycles. The highest BCUT2D eigenvalue weighted by atomic mass is 32.2. The standard InChI is InChI=1S/C18H13N5OS2/c19-10-11-22(13-6-2-1-3-7-13)16(24)12-25-17-20-21-18-23(17)14-8-4-5-9-15(14)26-18/h1-9H,11-12H2. The number of fused-ring (bicyclic) bond motifs is 3. The molecule has 0 aliphatic rings. The fourth-order valence-electron chi connectivity index (χ4n) is 2.66. The first-order valence-corrected chi connectivity index (χ1v) is 9.66. The lowest BCUT2D eigenvalue weighted by Crippen LogP contribution is -2.32. The summed E-state index contributed by atoms with van der Waals surface area (Å²) >= 11 is 2.89. The normalized spacial score (nSPS) is 10.9. The van der Waals surface area contributed by atoms with Gasteiger partial charge in [-0.15, -0.1) is 10.2 Å². The molecule has 2 aromatic heterocycles. The molecule has 6 nitrogen and oxygen atoms in total. The van der Waals surface area contributed by atoms with Gasteiger partial charge < -0.3 is 0 Å². The molecule has 0 bridgehead atoms. The van der Waals surface area contributed by atoms with Crippen LogP contribution in [0.3, 0.4) is 0 Å². The van der Waals surface area contributed by atoms with E-state index in [2.05, 4.69) is 16.3 Å². The molecular weight excluding hydrogens is 366 g/mol. The quantitative estimate of drug-likeness (QED) is 0.391. The van der Waals surface area contributed by atoms with Crippen LogP contribution in [0, 0.1) is 11.3 Å². The van der Waals surface area contributed by atoms with E-state index < -0.39 is 0 Å². The first-order valence-electron chi connectivity index (χ1n) is 7.86. The number of carbonyl (C=O) groups is 1. The van der Waals surface area contributed by atoms with Gasteiger partial charge in [0, 0.05) is 5.69 Å². The zero-order chi connectivity index (χ0) is 17.9. The van der Waals surface area contributed by atoms with Gasteiger partial charge in [0.05, 0.1) is 22.0 Å². The van der Waals surface area contributed by atoms with Crippen molar-refractivity contribution < 1.29 is 4.79 Å². The van der Waals surface area contributed by atoms with Gasteiger partial charge in [0.25, 0.3) is 0 Å². The van der Waals surface area contributed by atoms with Gasteiger partial charge in [-0.3, -0.25) is 14.1 Å². The van der Waals surface area contributed by atoms with Crippen molar-refractivity contribution in [3.63, 3.8) is 0 Å². The van der Waals surface area contributed by atoms with Crippen molar-refractivity contribution in [1.82, 2.24) is 14.6 Å². The number of benzene rings is 2. The molecule has 4 aromatic rings. The van der Waals surface area contributed by atoms with Gasteiger partial charge in [0.15, 0.2) is 5.16 Å². The number of rotatable bonds is 5. The minimum Gasteiger partial charge on any atom is -0.298 e. The highest BCUT2D eigenvalue weighted by molar-refractivity contribution is 7.99. The fourth-order valence-corrected chi connectivity index (χ4v) is 4.50. The lowest BCUT2D eigenvalue weighted by Gasteiger charge is -2.19. The zero-order valence-corrected chi connectivity index (χ0v) is 15.2. The van der Waals surface area contributed by atoms with E-state index in [4.69, 9.17) is 5.26 Å². The van der Waals surface area contributed by atoms with Crippen molar-refractivity contribution in [2.24, 2.45) is 0 Å². The summed E-state index contributed by atoms with van der Waals surface area (Å²) in [6.45, 7) is 0.0139. The summed E-state index contributed by atoms with van der Waals surface area (Å²) in [5.41, 5.74) is 1.75. The largest absolute Gasteiger partial charge is 0.298 e. The van der Waals surface area contributed by atoms with Crippen LogP contribution in [0.15, 0.2) is 59.8 Å². The lowest BCUT2D eigenvalue weighted by molar-refractivity contribution is -0.116. The summed E-state index contributed by atoms with van der Waals surface area (Å²) in [5, 5.41) is 18.1. The molecule has 0 spiro atoms. The van der Waals surface area contributed by atoms with Crippen molar-refractivity contribution in [3.05, 3.63) is 54.6 Å². The smallest absolute Gasteiger partial charge is 0.238 e. The van der Waals surface area contributed by atoms with Crippen LogP contribution in [0.2, 0.25) is 0 Å². The number of hydrogen-bond acceptors (Lipinski definition) is 6. The number of nitrogens with zero attached hydrogens (tertiary/aromatic N) is 5. The molecule has 0 radical (unpaired) electrons.